The van der Waals surface area contributed by atoms with Crippen LogP contribution >= 0.6 is 0 Å². The van der Waals surface area contributed by atoms with Crippen molar-refractivity contribution in [2.24, 2.45) is 5.41 Å². The van der Waals surface area contributed by atoms with Crippen molar-refractivity contribution in [1.82, 2.24) is 4.90 Å². The van der Waals surface area contributed by atoms with Crippen molar-refractivity contribution in [3.05, 3.63) is 35.9 Å². The maximum absolute atomic E-state index is 12.0. The van der Waals surface area contributed by atoms with E-state index in [0.29, 0.717) is 12.0 Å². The van der Waals surface area contributed by atoms with Gasteiger partial charge in [0.1, 0.15) is 18.6 Å². The smallest absolute Gasteiger partial charge is 0.505 e. The number of carbonyl (C=O) groups excluding carboxylic acids is 2. The third-order valence-corrected chi connectivity index (χ3v) is 6.10. The molecule has 3 rings (SSSR count). The summed E-state index contributed by atoms with van der Waals surface area (Å²) in [4.78, 5) is 24.1. The van der Waals surface area contributed by atoms with Gasteiger partial charge in [-0.1, -0.05) is 31.1 Å². The summed E-state index contributed by atoms with van der Waals surface area (Å²) in [5, 5.41) is 0. The molecule has 1 aromatic carbocycles. The number of nitrogens with zero attached hydrogens (tertiary/aromatic N) is 1. The summed E-state index contributed by atoms with van der Waals surface area (Å²) in [5.41, 5.74) is 2.59. The first kappa shape index (κ1) is 22.6. The third kappa shape index (κ3) is 6.19. The molecule has 0 atom stereocenters. The molecule has 1 fully saturated rings. The van der Waals surface area contributed by atoms with Gasteiger partial charge in [0.2, 0.25) is 0 Å². The number of carbonyl (C=O) groups is 2. The van der Waals surface area contributed by atoms with Gasteiger partial charge in [0.25, 0.3) is 0 Å². The molecular weight excluding hydrogens is 381 g/mol. The van der Waals surface area contributed by atoms with Gasteiger partial charge in [-0.25, -0.2) is 0 Å². The molecule has 0 bridgehead atoms. The first-order valence-electron chi connectivity index (χ1n) is 10.8. The Hall–Kier alpha value is -2.12. The van der Waals surface area contributed by atoms with Gasteiger partial charge in [-0.15, -0.1) is 0 Å². The van der Waals surface area contributed by atoms with Crippen LogP contribution in [0, 0.1) is 5.41 Å². The molecule has 0 N–H and O–H groups in total. The minimum absolute atomic E-state index is 0.0242. The highest BCUT2D eigenvalue weighted by Crippen LogP contribution is 2.47. The molecule has 0 aromatic heterocycles. The standard InChI is InChI=1S/C23H32BNO5/c1-25(14-15-26)17-22(27)30-24(28-2)20-7-9-21(10-8-20)29-18-19-6-5-13-23(16-19)11-3-4-12-23/h7-10,15-16H,3-6,11-14,17-18H2,1-2H3. The maximum atomic E-state index is 12.0. The van der Waals surface area contributed by atoms with Crippen LogP contribution in [0.25, 0.3) is 0 Å². The van der Waals surface area contributed by atoms with Crippen LogP contribution in [0.4, 0.5) is 0 Å². The molecule has 0 aliphatic heterocycles. The predicted octanol–water partition coefficient (Wildman–Crippen LogP) is 2.75. The largest absolute Gasteiger partial charge is 0.564 e. The Kier molecular flexibility index (Phi) is 8.11. The molecule has 0 saturated heterocycles. The molecule has 30 heavy (non-hydrogen) atoms. The minimum atomic E-state index is -0.792. The fourth-order valence-electron chi connectivity index (χ4n) is 4.55. The van der Waals surface area contributed by atoms with Crippen LogP contribution in [-0.4, -0.2) is 58.1 Å². The van der Waals surface area contributed by atoms with E-state index < -0.39 is 13.1 Å². The summed E-state index contributed by atoms with van der Waals surface area (Å²) in [6, 6.07) is 7.45. The Labute approximate surface area is 179 Å². The highest BCUT2D eigenvalue weighted by Gasteiger charge is 2.33. The van der Waals surface area contributed by atoms with Crippen LogP contribution in [0.5, 0.6) is 5.75 Å². The van der Waals surface area contributed by atoms with Gasteiger partial charge in [0, 0.05) is 7.11 Å². The van der Waals surface area contributed by atoms with E-state index in [-0.39, 0.29) is 13.1 Å². The Morgan fingerprint density at radius 3 is 2.53 bits per heavy atom. The Bertz CT molecular complexity index is 742. The van der Waals surface area contributed by atoms with Gasteiger partial charge in [0.15, 0.2) is 0 Å². The predicted molar refractivity (Wildman–Crippen MR) is 117 cm³/mol. The van der Waals surface area contributed by atoms with Gasteiger partial charge in [-0.05, 0) is 67.7 Å². The monoisotopic (exact) mass is 413 g/mol. The molecule has 7 heteroatoms. The maximum Gasteiger partial charge on any atom is 0.564 e. The summed E-state index contributed by atoms with van der Waals surface area (Å²) in [6.45, 7) is 0.833. The van der Waals surface area contributed by atoms with Crippen molar-refractivity contribution in [2.75, 3.05) is 33.9 Å². The summed E-state index contributed by atoms with van der Waals surface area (Å²) in [7, 11) is 2.38. The lowest BCUT2D eigenvalue weighted by Crippen LogP contribution is -2.40. The lowest BCUT2D eigenvalue weighted by Gasteiger charge is -2.31. The highest BCUT2D eigenvalue weighted by molar-refractivity contribution is 6.62. The van der Waals surface area contributed by atoms with Crippen molar-refractivity contribution in [3.63, 3.8) is 0 Å². The number of benzene rings is 1. The third-order valence-electron chi connectivity index (χ3n) is 6.10. The number of allylic oxidation sites excluding steroid dienone is 1. The molecule has 1 saturated carbocycles. The van der Waals surface area contributed by atoms with Crippen molar-refractivity contribution in [1.29, 1.82) is 0 Å². The normalized spacial score (nSPS) is 17.6. The average molecular weight is 413 g/mol. The SMILES string of the molecule is COB(OC(=O)CN(C)CC=O)c1ccc(OCC2=CC3(CCCC3)CCC2)cc1. The van der Waals surface area contributed by atoms with E-state index in [2.05, 4.69) is 6.08 Å². The topological polar surface area (TPSA) is 65.1 Å². The van der Waals surface area contributed by atoms with Crippen LogP contribution in [0.2, 0.25) is 0 Å². The fraction of sp³-hybridized carbons (Fsp3) is 0.565. The van der Waals surface area contributed by atoms with Crippen LogP contribution in [0.3, 0.4) is 0 Å². The molecule has 0 heterocycles. The number of likely N-dealkylation sites (N-methyl/N-ethyl adjacent to an activating group) is 1. The Morgan fingerprint density at radius 2 is 1.87 bits per heavy atom. The van der Waals surface area contributed by atoms with Crippen molar-refractivity contribution < 1.29 is 23.6 Å². The Morgan fingerprint density at radius 1 is 1.17 bits per heavy atom. The zero-order valence-electron chi connectivity index (χ0n) is 18.1. The number of hydrogen-bond acceptors (Lipinski definition) is 6. The minimum Gasteiger partial charge on any atom is -0.505 e. The van der Waals surface area contributed by atoms with E-state index in [1.807, 2.05) is 24.3 Å². The van der Waals surface area contributed by atoms with E-state index in [0.717, 1.165) is 23.9 Å². The van der Waals surface area contributed by atoms with Crippen molar-refractivity contribution >= 4 is 24.8 Å². The van der Waals surface area contributed by atoms with Gasteiger partial charge in [-0.2, -0.15) is 0 Å². The second-order valence-electron chi connectivity index (χ2n) is 8.50. The molecule has 162 valence electrons. The molecule has 1 spiro atoms. The summed E-state index contributed by atoms with van der Waals surface area (Å²) < 4.78 is 16.7. The molecule has 2 aliphatic rings. The van der Waals surface area contributed by atoms with Gasteiger partial charge in [0.05, 0.1) is 13.1 Å². The van der Waals surface area contributed by atoms with Crippen LogP contribution in [0.1, 0.15) is 44.9 Å². The number of aldehydes is 1. The second kappa shape index (κ2) is 10.8. The number of ether oxygens (including phenoxy) is 1. The van der Waals surface area contributed by atoms with E-state index in [4.69, 9.17) is 14.0 Å². The average Bonchev–Trinajstić information content (AvgIpc) is 3.18. The first-order valence-corrected chi connectivity index (χ1v) is 10.8. The van der Waals surface area contributed by atoms with E-state index in [1.165, 1.54) is 51.2 Å². The number of rotatable bonds is 10. The summed E-state index contributed by atoms with van der Waals surface area (Å²) >= 11 is 0. The molecule has 2 aliphatic carbocycles. The zero-order chi connectivity index (χ0) is 21.4. The Balaban J connectivity index is 1.52. The van der Waals surface area contributed by atoms with Gasteiger partial charge >= 0.3 is 13.1 Å². The second-order valence-corrected chi connectivity index (χ2v) is 8.50. The van der Waals surface area contributed by atoms with Crippen molar-refractivity contribution in [3.8, 4) is 5.75 Å². The fourth-order valence-corrected chi connectivity index (χ4v) is 4.55. The zero-order valence-corrected chi connectivity index (χ0v) is 18.1. The van der Waals surface area contributed by atoms with Gasteiger partial charge in [-0.3, -0.25) is 9.69 Å². The molecule has 0 amide bonds. The highest BCUT2D eigenvalue weighted by atomic mass is 16.6. The summed E-state index contributed by atoms with van der Waals surface area (Å²) in [6.07, 6.45) is 12.3. The van der Waals surface area contributed by atoms with E-state index in [1.54, 1.807) is 11.9 Å². The molecule has 1 aromatic rings. The quantitative estimate of drug-likeness (QED) is 0.334. The van der Waals surface area contributed by atoms with E-state index >= 15 is 0 Å². The number of hydrogen-bond donors (Lipinski definition) is 0. The first-order chi connectivity index (χ1) is 14.5. The lowest BCUT2D eigenvalue weighted by atomic mass is 9.75. The molecule has 6 nitrogen and oxygen atoms in total. The molecule has 0 unspecified atom stereocenters. The molecule has 0 radical (unpaired) electrons. The van der Waals surface area contributed by atoms with Crippen LogP contribution in [0.15, 0.2) is 35.9 Å². The lowest BCUT2D eigenvalue weighted by molar-refractivity contribution is -0.136. The van der Waals surface area contributed by atoms with Crippen molar-refractivity contribution in [2.45, 2.75) is 44.9 Å². The van der Waals surface area contributed by atoms with E-state index in [9.17, 15) is 9.59 Å². The van der Waals surface area contributed by atoms with Gasteiger partial charge < -0.3 is 18.8 Å². The molecular formula is C23H32BNO5. The van der Waals surface area contributed by atoms with Crippen LogP contribution in [-0.2, 0) is 18.9 Å². The van der Waals surface area contributed by atoms with Crippen LogP contribution < -0.4 is 10.2 Å². The summed E-state index contributed by atoms with van der Waals surface area (Å²) in [5.74, 6) is 0.342.